The van der Waals surface area contributed by atoms with Crippen LogP contribution in [0.2, 0.25) is 0 Å². The molecule has 1 amide bonds. The van der Waals surface area contributed by atoms with Crippen LogP contribution in [0, 0.1) is 0 Å². The van der Waals surface area contributed by atoms with Crippen LogP contribution >= 0.6 is 0 Å². The smallest absolute Gasteiger partial charge is 0.254 e. The summed E-state index contributed by atoms with van der Waals surface area (Å²) in [6.07, 6.45) is 2.92. The molecule has 3 aromatic rings. The zero-order valence-corrected chi connectivity index (χ0v) is 18.9. The van der Waals surface area contributed by atoms with Gasteiger partial charge in [0.05, 0.1) is 24.3 Å². The third-order valence-corrected chi connectivity index (χ3v) is 7.95. The quantitative estimate of drug-likeness (QED) is 0.575. The highest BCUT2D eigenvalue weighted by Gasteiger charge is 2.30. The molecule has 0 bridgehead atoms. The summed E-state index contributed by atoms with van der Waals surface area (Å²) in [4.78, 5) is 26.1. The number of piperazine rings is 1. The lowest BCUT2D eigenvalue weighted by molar-refractivity contribution is 0.0304. The zero-order chi connectivity index (χ0) is 22.8. The first-order chi connectivity index (χ1) is 16.0. The highest BCUT2D eigenvalue weighted by atomic mass is 32.2. The largest absolute Gasteiger partial charge is 0.378 e. The van der Waals surface area contributed by atoms with Gasteiger partial charge in [-0.2, -0.15) is 4.31 Å². The van der Waals surface area contributed by atoms with Crippen LogP contribution in [0.3, 0.4) is 0 Å². The van der Waals surface area contributed by atoms with Gasteiger partial charge in [-0.25, -0.2) is 13.4 Å². The van der Waals surface area contributed by atoms with Gasteiger partial charge in [0.1, 0.15) is 10.7 Å². The fraction of sp³-hybridized carbons (Fsp3) is 0.348. The average Bonchev–Trinajstić information content (AvgIpc) is 2.88. The van der Waals surface area contributed by atoms with Gasteiger partial charge in [0.2, 0.25) is 10.0 Å². The molecule has 2 aliphatic rings. The molecule has 0 atom stereocenters. The van der Waals surface area contributed by atoms with E-state index >= 15 is 0 Å². The third kappa shape index (κ3) is 4.29. The van der Waals surface area contributed by atoms with Gasteiger partial charge < -0.3 is 14.5 Å². The number of carbonyl (C=O) groups excluding carboxylic acids is 1. The van der Waals surface area contributed by atoms with Crippen molar-refractivity contribution in [1.29, 1.82) is 0 Å². The maximum atomic E-state index is 13.3. The molecule has 1 aromatic carbocycles. The van der Waals surface area contributed by atoms with E-state index in [-0.39, 0.29) is 10.8 Å². The van der Waals surface area contributed by atoms with Gasteiger partial charge in [0.15, 0.2) is 0 Å². The van der Waals surface area contributed by atoms with Crippen molar-refractivity contribution in [2.45, 2.75) is 4.90 Å². The number of sulfonamides is 1. The number of hydrogen-bond donors (Lipinski definition) is 0. The van der Waals surface area contributed by atoms with Crippen LogP contribution in [0.1, 0.15) is 10.4 Å². The number of anilines is 1. The number of nitrogens with zero attached hydrogens (tertiary/aromatic N) is 5. The van der Waals surface area contributed by atoms with E-state index in [1.165, 1.54) is 10.5 Å². The first-order valence-corrected chi connectivity index (χ1v) is 12.4. The van der Waals surface area contributed by atoms with Crippen LogP contribution in [0.15, 0.2) is 59.8 Å². The van der Waals surface area contributed by atoms with E-state index in [0.29, 0.717) is 63.9 Å². The van der Waals surface area contributed by atoms with Crippen molar-refractivity contribution >= 4 is 32.7 Å². The minimum absolute atomic E-state index is 0.0315. The summed E-state index contributed by atoms with van der Waals surface area (Å²) in [7, 11) is -3.59. The van der Waals surface area contributed by atoms with Gasteiger partial charge in [-0.05, 0) is 24.3 Å². The molecule has 5 rings (SSSR count). The molecular formula is C23H25N5O4S. The maximum absolute atomic E-state index is 13.3. The molecule has 9 nitrogen and oxygen atoms in total. The molecule has 4 heterocycles. The Hall–Kier alpha value is -3.08. The maximum Gasteiger partial charge on any atom is 0.254 e. The van der Waals surface area contributed by atoms with E-state index in [9.17, 15) is 13.2 Å². The molecule has 0 spiro atoms. The molecule has 2 aromatic heterocycles. The van der Waals surface area contributed by atoms with Gasteiger partial charge in [-0.15, -0.1) is 0 Å². The predicted octanol–water partition coefficient (Wildman–Crippen LogP) is 1.61. The average molecular weight is 468 g/mol. The predicted molar refractivity (Wildman–Crippen MR) is 124 cm³/mol. The van der Waals surface area contributed by atoms with E-state index in [0.717, 1.165) is 10.9 Å². The molecule has 2 saturated heterocycles. The second-order valence-corrected chi connectivity index (χ2v) is 9.97. The standard InChI is InChI=1S/C23H25N5O4S/c29-23(27-12-14-32-15-13-27)20-16-22(25-21-6-2-1-5-19(20)21)26-8-10-28(11-9-26)33(30,31)18-4-3-7-24-17-18/h1-7,16-17H,8-15H2. The highest BCUT2D eigenvalue weighted by molar-refractivity contribution is 7.89. The lowest BCUT2D eigenvalue weighted by Gasteiger charge is -2.35. The molecule has 0 saturated carbocycles. The number of fused-ring (bicyclic) bond motifs is 1. The number of amides is 1. The van der Waals surface area contributed by atoms with Crippen molar-refractivity contribution in [3.63, 3.8) is 0 Å². The number of aromatic nitrogens is 2. The Morgan fingerprint density at radius 3 is 2.42 bits per heavy atom. The van der Waals surface area contributed by atoms with Crippen molar-refractivity contribution < 1.29 is 17.9 Å². The van der Waals surface area contributed by atoms with Crippen LogP contribution in [-0.4, -0.2) is 86.0 Å². The lowest BCUT2D eigenvalue weighted by Crippen LogP contribution is -2.49. The number of rotatable bonds is 4. The summed E-state index contributed by atoms with van der Waals surface area (Å²) in [5.41, 5.74) is 1.36. The van der Waals surface area contributed by atoms with E-state index in [1.54, 1.807) is 18.3 Å². The summed E-state index contributed by atoms with van der Waals surface area (Å²) >= 11 is 0. The molecule has 172 valence electrons. The molecule has 0 unspecified atom stereocenters. The first kappa shape index (κ1) is 21.7. The molecule has 2 fully saturated rings. The topological polar surface area (TPSA) is 95.9 Å². The van der Waals surface area contributed by atoms with Gasteiger partial charge >= 0.3 is 0 Å². The molecule has 33 heavy (non-hydrogen) atoms. The van der Waals surface area contributed by atoms with Crippen LogP contribution in [0.5, 0.6) is 0 Å². The number of morpholine rings is 1. The Morgan fingerprint density at radius 2 is 1.70 bits per heavy atom. The van der Waals surface area contributed by atoms with Crippen molar-refractivity contribution in [1.82, 2.24) is 19.2 Å². The SMILES string of the molecule is O=C(c1cc(N2CCN(S(=O)(=O)c3cccnc3)CC2)nc2ccccc12)N1CCOCC1. The van der Waals surface area contributed by atoms with Crippen molar-refractivity contribution in [2.24, 2.45) is 0 Å². The number of benzene rings is 1. The monoisotopic (exact) mass is 467 g/mol. The zero-order valence-electron chi connectivity index (χ0n) is 18.1. The fourth-order valence-electron chi connectivity index (χ4n) is 4.24. The molecular weight excluding hydrogens is 442 g/mol. The Balaban J connectivity index is 1.40. The first-order valence-electron chi connectivity index (χ1n) is 11.0. The molecule has 10 heteroatoms. The Kier molecular flexibility index (Phi) is 5.96. The van der Waals surface area contributed by atoms with Crippen LogP contribution < -0.4 is 4.90 Å². The number of hydrogen-bond acceptors (Lipinski definition) is 7. The molecule has 0 N–H and O–H groups in total. The minimum atomic E-state index is -3.59. The lowest BCUT2D eigenvalue weighted by atomic mass is 10.1. The number of carbonyl (C=O) groups is 1. The van der Waals surface area contributed by atoms with Gasteiger partial charge in [-0.1, -0.05) is 18.2 Å². The fourth-order valence-corrected chi connectivity index (χ4v) is 5.63. The molecule has 0 radical (unpaired) electrons. The minimum Gasteiger partial charge on any atom is -0.378 e. The van der Waals surface area contributed by atoms with Crippen molar-refractivity contribution in [3.05, 3.63) is 60.4 Å². The van der Waals surface area contributed by atoms with Crippen LogP contribution in [0.25, 0.3) is 10.9 Å². The van der Waals surface area contributed by atoms with E-state index in [2.05, 4.69) is 4.98 Å². The Labute approximate surface area is 192 Å². The van der Waals surface area contributed by atoms with Crippen molar-refractivity contribution in [2.75, 3.05) is 57.4 Å². The van der Waals surface area contributed by atoms with Gasteiger partial charge in [0, 0.05) is 57.0 Å². The van der Waals surface area contributed by atoms with Gasteiger partial charge in [-0.3, -0.25) is 9.78 Å². The number of ether oxygens (including phenoxy) is 1. The molecule has 0 aliphatic carbocycles. The summed E-state index contributed by atoms with van der Waals surface area (Å²) in [6, 6.07) is 12.6. The Morgan fingerprint density at radius 1 is 0.939 bits per heavy atom. The van der Waals surface area contributed by atoms with Gasteiger partial charge in [0.25, 0.3) is 5.91 Å². The van der Waals surface area contributed by atoms with Crippen LogP contribution in [-0.2, 0) is 14.8 Å². The van der Waals surface area contributed by atoms with E-state index in [4.69, 9.17) is 9.72 Å². The number of pyridine rings is 2. The van der Waals surface area contributed by atoms with E-state index in [1.807, 2.05) is 40.1 Å². The normalized spacial score (nSPS) is 17.9. The number of para-hydroxylation sites is 1. The second kappa shape index (κ2) is 9.05. The summed E-state index contributed by atoms with van der Waals surface area (Å²) in [6.45, 7) is 3.83. The van der Waals surface area contributed by atoms with Crippen LogP contribution in [0.4, 0.5) is 5.82 Å². The summed E-state index contributed by atoms with van der Waals surface area (Å²) in [5, 5.41) is 0.815. The third-order valence-electron chi connectivity index (χ3n) is 6.07. The molecule has 2 aliphatic heterocycles. The Bertz CT molecular complexity index is 1250. The second-order valence-electron chi connectivity index (χ2n) is 8.03. The van der Waals surface area contributed by atoms with Crippen molar-refractivity contribution in [3.8, 4) is 0 Å². The van der Waals surface area contributed by atoms with E-state index < -0.39 is 10.0 Å². The summed E-state index contributed by atoms with van der Waals surface area (Å²) < 4.78 is 32.7. The summed E-state index contributed by atoms with van der Waals surface area (Å²) in [5.74, 6) is 0.652. The highest BCUT2D eigenvalue weighted by Crippen LogP contribution is 2.26.